The summed E-state index contributed by atoms with van der Waals surface area (Å²) in [5.41, 5.74) is 0. The minimum Gasteiger partial charge on any atom is -0.374 e. The van der Waals surface area contributed by atoms with Gasteiger partial charge in [-0.2, -0.15) is 0 Å². The van der Waals surface area contributed by atoms with E-state index in [1.165, 1.54) is 6.42 Å². The summed E-state index contributed by atoms with van der Waals surface area (Å²) in [5, 5.41) is 3.21. The number of rotatable bonds is 4. The number of likely N-dealkylation sites (tertiary alicyclic amines) is 1. The highest BCUT2D eigenvalue weighted by molar-refractivity contribution is 5.80. The van der Waals surface area contributed by atoms with Gasteiger partial charge in [-0.15, -0.1) is 0 Å². The number of piperidine rings is 1. The van der Waals surface area contributed by atoms with E-state index in [9.17, 15) is 4.79 Å². The minimum atomic E-state index is 0.0418. The molecular weight excluding hydrogens is 252 g/mol. The number of hydrogen-bond acceptors (Lipinski definition) is 3. The maximum atomic E-state index is 13.0. The molecule has 0 aliphatic carbocycles. The van der Waals surface area contributed by atoms with Crippen LogP contribution in [-0.2, 0) is 9.53 Å². The summed E-state index contributed by atoms with van der Waals surface area (Å²) in [5.74, 6) is 0.694. The van der Waals surface area contributed by atoms with Crippen molar-refractivity contribution in [2.24, 2.45) is 11.8 Å². The Balaban J connectivity index is 2.05. The van der Waals surface area contributed by atoms with E-state index in [4.69, 9.17) is 4.74 Å². The second kappa shape index (κ2) is 6.90. The van der Waals surface area contributed by atoms with Gasteiger partial charge in [0.2, 0.25) is 5.91 Å². The van der Waals surface area contributed by atoms with Crippen LogP contribution in [0.25, 0.3) is 0 Å². The first-order valence-electron chi connectivity index (χ1n) is 8.16. The molecule has 0 aromatic heterocycles. The van der Waals surface area contributed by atoms with Crippen LogP contribution >= 0.6 is 0 Å². The van der Waals surface area contributed by atoms with Crippen molar-refractivity contribution in [2.75, 3.05) is 20.1 Å². The van der Waals surface area contributed by atoms with Crippen molar-refractivity contribution in [3.8, 4) is 0 Å². The van der Waals surface area contributed by atoms with Crippen molar-refractivity contribution in [1.82, 2.24) is 10.2 Å². The summed E-state index contributed by atoms with van der Waals surface area (Å²) < 4.78 is 5.85. The molecule has 5 unspecified atom stereocenters. The van der Waals surface area contributed by atoms with Crippen LogP contribution in [0.15, 0.2) is 0 Å². The largest absolute Gasteiger partial charge is 0.374 e. The molecule has 4 nitrogen and oxygen atoms in total. The van der Waals surface area contributed by atoms with Gasteiger partial charge in [0.15, 0.2) is 0 Å². The van der Waals surface area contributed by atoms with Gasteiger partial charge in [-0.1, -0.05) is 6.92 Å². The summed E-state index contributed by atoms with van der Waals surface area (Å²) in [6.45, 7) is 8.20. The van der Waals surface area contributed by atoms with Gasteiger partial charge < -0.3 is 15.0 Å². The maximum absolute atomic E-state index is 13.0. The molecule has 0 saturated carbocycles. The van der Waals surface area contributed by atoms with E-state index in [-0.39, 0.29) is 18.1 Å². The SMILES string of the molecule is CNCCC1CCCCN1C(=O)C1C(C)OC(C)C1C. The summed E-state index contributed by atoms with van der Waals surface area (Å²) in [6.07, 6.45) is 4.86. The lowest BCUT2D eigenvalue weighted by Crippen LogP contribution is -2.49. The zero-order valence-electron chi connectivity index (χ0n) is 13.4. The Bertz CT molecular complexity index is 334. The highest BCUT2D eigenvalue weighted by Gasteiger charge is 2.44. The molecule has 2 aliphatic rings. The van der Waals surface area contributed by atoms with Crippen LogP contribution < -0.4 is 5.32 Å². The van der Waals surface area contributed by atoms with Crippen LogP contribution in [-0.4, -0.2) is 49.2 Å². The fraction of sp³-hybridized carbons (Fsp3) is 0.938. The Morgan fingerprint density at radius 1 is 1.25 bits per heavy atom. The molecule has 0 aromatic rings. The van der Waals surface area contributed by atoms with Crippen molar-refractivity contribution < 1.29 is 9.53 Å². The molecule has 0 spiro atoms. The van der Waals surface area contributed by atoms with Gasteiger partial charge in [0.1, 0.15) is 0 Å². The van der Waals surface area contributed by atoms with Crippen LogP contribution in [0.1, 0.15) is 46.5 Å². The molecule has 116 valence electrons. The van der Waals surface area contributed by atoms with Crippen molar-refractivity contribution in [1.29, 1.82) is 0 Å². The molecule has 0 radical (unpaired) electrons. The van der Waals surface area contributed by atoms with Gasteiger partial charge in [-0.3, -0.25) is 4.79 Å². The highest BCUT2D eigenvalue weighted by atomic mass is 16.5. The monoisotopic (exact) mass is 282 g/mol. The summed E-state index contributed by atoms with van der Waals surface area (Å²) >= 11 is 0. The van der Waals surface area contributed by atoms with Crippen LogP contribution in [0, 0.1) is 11.8 Å². The fourth-order valence-corrected chi connectivity index (χ4v) is 3.79. The van der Waals surface area contributed by atoms with Crippen LogP contribution in [0.5, 0.6) is 0 Å². The van der Waals surface area contributed by atoms with Gasteiger partial charge in [0, 0.05) is 12.6 Å². The van der Waals surface area contributed by atoms with E-state index >= 15 is 0 Å². The standard InChI is InChI=1S/C16H30N2O2/c1-11-12(2)20-13(3)15(11)16(19)18-10-6-5-7-14(18)8-9-17-4/h11-15,17H,5-10H2,1-4H3. The zero-order valence-corrected chi connectivity index (χ0v) is 13.4. The summed E-state index contributed by atoms with van der Waals surface area (Å²) in [7, 11) is 1.98. The van der Waals surface area contributed by atoms with Gasteiger partial charge >= 0.3 is 0 Å². The van der Waals surface area contributed by atoms with Gasteiger partial charge in [-0.05, 0) is 59.0 Å². The third-order valence-corrected chi connectivity index (χ3v) is 5.16. The topological polar surface area (TPSA) is 41.6 Å². The molecule has 4 heteroatoms. The van der Waals surface area contributed by atoms with E-state index in [0.717, 1.165) is 32.4 Å². The minimum absolute atomic E-state index is 0.0418. The number of ether oxygens (including phenoxy) is 1. The Labute approximate surface area is 123 Å². The third kappa shape index (κ3) is 3.17. The van der Waals surface area contributed by atoms with E-state index in [1.807, 2.05) is 7.05 Å². The molecule has 0 bridgehead atoms. The predicted molar refractivity (Wildman–Crippen MR) is 80.6 cm³/mol. The van der Waals surface area contributed by atoms with Crippen LogP contribution in [0.3, 0.4) is 0 Å². The molecule has 1 N–H and O–H groups in total. The highest BCUT2D eigenvalue weighted by Crippen LogP contribution is 2.35. The molecule has 0 aromatic carbocycles. The van der Waals surface area contributed by atoms with Gasteiger partial charge in [-0.25, -0.2) is 0 Å². The number of nitrogens with zero attached hydrogens (tertiary/aromatic N) is 1. The second-order valence-electron chi connectivity index (χ2n) is 6.50. The van der Waals surface area contributed by atoms with Crippen LogP contribution in [0.4, 0.5) is 0 Å². The fourth-order valence-electron chi connectivity index (χ4n) is 3.79. The molecule has 2 fully saturated rings. The Hall–Kier alpha value is -0.610. The maximum Gasteiger partial charge on any atom is 0.228 e. The first-order chi connectivity index (χ1) is 9.56. The van der Waals surface area contributed by atoms with E-state index in [2.05, 4.69) is 31.0 Å². The van der Waals surface area contributed by atoms with Crippen molar-refractivity contribution in [2.45, 2.75) is 64.7 Å². The van der Waals surface area contributed by atoms with Crippen molar-refractivity contribution in [3.05, 3.63) is 0 Å². The molecular formula is C16H30N2O2. The number of amides is 1. The molecule has 20 heavy (non-hydrogen) atoms. The average Bonchev–Trinajstić information content (AvgIpc) is 2.69. The molecule has 2 rings (SSSR count). The number of carbonyl (C=O) groups excluding carboxylic acids is 1. The molecule has 2 heterocycles. The van der Waals surface area contributed by atoms with E-state index < -0.39 is 0 Å². The lowest BCUT2D eigenvalue weighted by atomic mass is 9.86. The Kier molecular flexibility index (Phi) is 5.44. The smallest absolute Gasteiger partial charge is 0.228 e. The quantitative estimate of drug-likeness (QED) is 0.858. The first-order valence-corrected chi connectivity index (χ1v) is 8.16. The van der Waals surface area contributed by atoms with E-state index in [1.54, 1.807) is 0 Å². The van der Waals surface area contributed by atoms with Gasteiger partial charge in [0.05, 0.1) is 18.1 Å². The molecule has 1 amide bonds. The molecule has 5 atom stereocenters. The third-order valence-electron chi connectivity index (χ3n) is 5.16. The van der Waals surface area contributed by atoms with Crippen molar-refractivity contribution in [3.63, 3.8) is 0 Å². The Morgan fingerprint density at radius 2 is 2.00 bits per heavy atom. The summed E-state index contributed by atoms with van der Waals surface area (Å²) in [6, 6.07) is 0.416. The normalized spacial score (nSPS) is 38.2. The first kappa shape index (κ1) is 15.8. The second-order valence-corrected chi connectivity index (χ2v) is 6.50. The predicted octanol–water partition coefficient (Wildman–Crippen LogP) is 2.04. The Morgan fingerprint density at radius 3 is 2.60 bits per heavy atom. The number of hydrogen-bond donors (Lipinski definition) is 1. The van der Waals surface area contributed by atoms with Crippen LogP contribution in [0.2, 0.25) is 0 Å². The number of nitrogens with one attached hydrogen (secondary N) is 1. The zero-order chi connectivity index (χ0) is 14.7. The van der Waals surface area contributed by atoms with Crippen molar-refractivity contribution >= 4 is 5.91 Å². The summed E-state index contributed by atoms with van der Waals surface area (Å²) in [4.78, 5) is 15.1. The molecule has 2 aliphatic heterocycles. The lowest BCUT2D eigenvalue weighted by molar-refractivity contribution is -0.141. The molecule has 2 saturated heterocycles. The number of carbonyl (C=O) groups is 1. The van der Waals surface area contributed by atoms with E-state index in [0.29, 0.717) is 17.9 Å². The van der Waals surface area contributed by atoms with Gasteiger partial charge in [0.25, 0.3) is 0 Å². The average molecular weight is 282 g/mol. The lowest BCUT2D eigenvalue weighted by Gasteiger charge is -2.38.